The number of ether oxygens (including phenoxy) is 1. The number of carbonyl (C=O) groups is 2. The molecule has 2 N–H and O–H groups in total. The number of hydrogen-bond donors (Lipinski definition) is 2. The van der Waals surface area contributed by atoms with Crippen LogP contribution in [0.2, 0.25) is 0 Å². The van der Waals surface area contributed by atoms with Gasteiger partial charge in [0.1, 0.15) is 11.6 Å². The van der Waals surface area contributed by atoms with E-state index in [1.54, 1.807) is 6.92 Å². The van der Waals surface area contributed by atoms with E-state index >= 15 is 0 Å². The van der Waals surface area contributed by atoms with Crippen molar-refractivity contribution in [2.24, 2.45) is 0 Å². The highest BCUT2D eigenvalue weighted by molar-refractivity contribution is 6.01. The number of nitriles is 1. The molecule has 0 radical (unpaired) electrons. The van der Waals surface area contributed by atoms with Crippen LogP contribution >= 0.6 is 0 Å². The first kappa shape index (κ1) is 19.3. The van der Waals surface area contributed by atoms with Crippen molar-refractivity contribution < 1.29 is 14.3 Å². The number of hydrogen-bond acceptors (Lipinski definition) is 4. The molecule has 0 fully saturated rings. The number of nitrogens with one attached hydrogen (secondary N) is 2. The van der Waals surface area contributed by atoms with E-state index in [4.69, 9.17) is 4.74 Å². The van der Waals surface area contributed by atoms with Gasteiger partial charge in [0.2, 0.25) is 0 Å². The Labute approximate surface area is 153 Å². The van der Waals surface area contributed by atoms with E-state index in [1.165, 1.54) is 6.08 Å². The molecule has 0 atom stereocenters. The normalized spacial score (nSPS) is 16.1. The summed E-state index contributed by atoms with van der Waals surface area (Å²) in [5, 5.41) is 12.1. The molecule has 1 aromatic rings. The Morgan fingerprint density at radius 2 is 1.96 bits per heavy atom. The maximum Gasteiger partial charge on any atom is 0.348 e. The first-order valence-corrected chi connectivity index (χ1v) is 8.55. The Bertz CT molecular complexity index is 892. The summed E-state index contributed by atoms with van der Waals surface area (Å²) in [6, 6.07) is 1.89. The van der Waals surface area contributed by atoms with Crippen molar-refractivity contribution in [2.45, 2.75) is 41.0 Å². The lowest BCUT2D eigenvalue weighted by Gasteiger charge is -2.03. The summed E-state index contributed by atoms with van der Waals surface area (Å²) in [6.07, 6.45) is 4.18. The van der Waals surface area contributed by atoms with Gasteiger partial charge in [0.05, 0.1) is 6.61 Å². The molecule has 0 bridgehead atoms. The molecule has 0 aromatic carbocycles. The lowest BCUT2D eigenvalue weighted by molar-refractivity contribution is -0.137. The number of aryl methyl sites for hydroxylation is 1. The van der Waals surface area contributed by atoms with E-state index in [0.29, 0.717) is 0 Å². The van der Waals surface area contributed by atoms with Crippen LogP contribution in [0.25, 0.3) is 12.2 Å². The Hall–Kier alpha value is -3.07. The standard InChI is InChI=1S/C20H23N3O3/c1-6-15-12(4)19(24)23-18(15)9-17-11(3)16(13(5)22-17)8-14(10-21)20(25)26-7-2/h8-9,22H,6-7H2,1-5H3,(H,23,24)/b14-8+,18-9-. The summed E-state index contributed by atoms with van der Waals surface area (Å²) in [4.78, 5) is 27.0. The monoisotopic (exact) mass is 353 g/mol. The Kier molecular flexibility index (Phi) is 5.83. The summed E-state index contributed by atoms with van der Waals surface area (Å²) in [7, 11) is 0. The number of aromatic nitrogens is 1. The molecule has 6 heteroatoms. The molecule has 0 saturated carbocycles. The molecule has 2 rings (SSSR count). The maximum absolute atomic E-state index is 11.9. The second-order valence-electron chi connectivity index (χ2n) is 6.06. The van der Waals surface area contributed by atoms with Crippen molar-refractivity contribution in [3.8, 4) is 6.07 Å². The largest absolute Gasteiger partial charge is 0.462 e. The zero-order chi connectivity index (χ0) is 19.4. The molecule has 26 heavy (non-hydrogen) atoms. The minimum absolute atomic E-state index is 0.0459. The highest BCUT2D eigenvalue weighted by atomic mass is 16.5. The van der Waals surface area contributed by atoms with E-state index < -0.39 is 5.97 Å². The topological polar surface area (TPSA) is 95.0 Å². The molecule has 1 amide bonds. The molecular formula is C20H23N3O3. The molecule has 0 aliphatic carbocycles. The van der Waals surface area contributed by atoms with Gasteiger partial charge in [-0.1, -0.05) is 6.92 Å². The van der Waals surface area contributed by atoms with E-state index in [1.807, 2.05) is 39.8 Å². The van der Waals surface area contributed by atoms with Gasteiger partial charge in [-0.15, -0.1) is 0 Å². The minimum Gasteiger partial charge on any atom is -0.462 e. The summed E-state index contributed by atoms with van der Waals surface area (Å²) < 4.78 is 4.91. The number of aromatic amines is 1. The van der Waals surface area contributed by atoms with E-state index in [-0.39, 0.29) is 18.1 Å². The Morgan fingerprint density at radius 1 is 1.27 bits per heavy atom. The third-order valence-corrected chi connectivity index (χ3v) is 4.45. The van der Waals surface area contributed by atoms with E-state index in [9.17, 15) is 14.9 Å². The maximum atomic E-state index is 11.9. The van der Waals surface area contributed by atoms with Crippen LogP contribution in [0.3, 0.4) is 0 Å². The summed E-state index contributed by atoms with van der Waals surface area (Å²) >= 11 is 0. The first-order chi connectivity index (χ1) is 12.3. The van der Waals surface area contributed by atoms with Gasteiger partial charge < -0.3 is 15.0 Å². The van der Waals surface area contributed by atoms with Crippen molar-refractivity contribution in [1.29, 1.82) is 5.26 Å². The highest BCUT2D eigenvalue weighted by Crippen LogP contribution is 2.28. The average Bonchev–Trinajstić information content (AvgIpc) is 3.02. The summed E-state index contributed by atoms with van der Waals surface area (Å²) in [6.45, 7) is 9.50. The van der Waals surface area contributed by atoms with Gasteiger partial charge in [0.15, 0.2) is 0 Å². The lowest BCUT2D eigenvalue weighted by Crippen LogP contribution is -2.15. The van der Waals surface area contributed by atoms with Crippen molar-refractivity contribution in [1.82, 2.24) is 10.3 Å². The zero-order valence-corrected chi connectivity index (χ0v) is 15.7. The van der Waals surface area contributed by atoms with Crippen LogP contribution in [-0.2, 0) is 14.3 Å². The number of nitrogens with zero attached hydrogens (tertiary/aromatic N) is 1. The first-order valence-electron chi connectivity index (χ1n) is 8.55. The highest BCUT2D eigenvalue weighted by Gasteiger charge is 2.23. The van der Waals surface area contributed by atoms with Gasteiger partial charge in [-0.25, -0.2) is 4.79 Å². The van der Waals surface area contributed by atoms with Gasteiger partial charge in [0.25, 0.3) is 5.91 Å². The van der Waals surface area contributed by atoms with Gasteiger partial charge >= 0.3 is 5.97 Å². The number of esters is 1. The number of rotatable bonds is 5. The van der Waals surface area contributed by atoms with Crippen molar-refractivity contribution in [3.05, 3.63) is 44.9 Å². The van der Waals surface area contributed by atoms with Crippen LogP contribution in [0.4, 0.5) is 0 Å². The molecule has 1 aromatic heterocycles. The second-order valence-corrected chi connectivity index (χ2v) is 6.06. The zero-order valence-electron chi connectivity index (χ0n) is 15.7. The van der Waals surface area contributed by atoms with Crippen LogP contribution in [0.15, 0.2) is 22.4 Å². The number of H-pyrrole nitrogens is 1. The molecule has 0 unspecified atom stereocenters. The molecule has 1 aliphatic rings. The van der Waals surface area contributed by atoms with Crippen molar-refractivity contribution >= 4 is 24.0 Å². The van der Waals surface area contributed by atoms with Crippen LogP contribution in [0.1, 0.15) is 49.7 Å². The fraction of sp³-hybridized carbons (Fsp3) is 0.350. The lowest BCUT2D eigenvalue weighted by atomic mass is 10.0. The SMILES string of the molecule is CCOC(=O)/C(C#N)=C/c1c(C)[nH]c(/C=C2\NC(=O)C(C)=C2CC)c1C. The average molecular weight is 353 g/mol. The predicted octanol–water partition coefficient (Wildman–Crippen LogP) is 3.30. The molecule has 0 saturated heterocycles. The van der Waals surface area contributed by atoms with Gasteiger partial charge in [0, 0.05) is 22.7 Å². The number of allylic oxidation sites excluding steroid dienone is 1. The smallest absolute Gasteiger partial charge is 0.348 e. The third kappa shape index (κ3) is 3.62. The van der Waals surface area contributed by atoms with Crippen LogP contribution in [0, 0.1) is 25.2 Å². The van der Waals surface area contributed by atoms with Gasteiger partial charge in [-0.05, 0) is 63.0 Å². The predicted molar refractivity (Wildman–Crippen MR) is 99.6 cm³/mol. The molecular weight excluding hydrogens is 330 g/mol. The number of carbonyl (C=O) groups excluding carboxylic acids is 2. The fourth-order valence-corrected chi connectivity index (χ4v) is 2.99. The minimum atomic E-state index is -0.634. The van der Waals surface area contributed by atoms with Gasteiger partial charge in [-0.3, -0.25) is 4.79 Å². The number of amides is 1. The quantitative estimate of drug-likeness (QED) is 0.482. The Balaban J connectivity index is 2.47. The third-order valence-electron chi connectivity index (χ3n) is 4.45. The van der Waals surface area contributed by atoms with E-state index in [2.05, 4.69) is 10.3 Å². The van der Waals surface area contributed by atoms with Crippen molar-refractivity contribution in [3.63, 3.8) is 0 Å². The van der Waals surface area contributed by atoms with Crippen LogP contribution < -0.4 is 5.32 Å². The Morgan fingerprint density at radius 3 is 2.54 bits per heavy atom. The van der Waals surface area contributed by atoms with Crippen molar-refractivity contribution in [2.75, 3.05) is 6.61 Å². The van der Waals surface area contributed by atoms with Crippen LogP contribution in [-0.4, -0.2) is 23.5 Å². The molecule has 6 nitrogen and oxygen atoms in total. The molecule has 0 spiro atoms. The van der Waals surface area contributed by atoms with Crippen LogP contribution in [0.5, 0.6) is 0 Å². The molecule has 136 valence electrons. The summed E-state index contributed by atoms with van der Waals surface area (Å²) in [5.41, 5.74) is 5.76. The van der Waals surface area contributed by atoms with Gasteiger partial charge in [-0.2, -0.15) is 5.26 Å². The summed E-state index contributed by atoms with van der Waals surface area (Å²) in [5.74, 6) is -0.715. The van der Waals surface area contributed by atoms with E-state index in [0.717, 1.165) is 45.8 Å². The molecule has 2 heterocycles. The fourth-order valence-electron chi connectivity index (χ4n) is 2.99. The second kappa shape index (κ2) is 7.87. The molecule has 1 aliphatic heterocycles.